The standard InChI is InChI=1S/C20H17FN6O5S2/c1-10-3-6-16(33-10)34(31,32)26-19(29)24-12-7-14(21)17(23-9-12)27-18(28)13-5-4-11(22-2)8-15(13)25-20(27)30/h3-9,22H,1-2H3,(H,25,30)(H2,24,26,29). The molecule has 11 nitrogen and oxygen atoms in total. The van der Waals surface area contributed by atoms with Crippen LogP contribution in [0.4, 0.5) is 20.6 Å². The van der Waals surface area contributed by atoms with Crippen molar-refractivity contribution in [1.82, 2.24) is 19.3 Å². The Morgan fingerprint density at radius 1 is 1.15 bits per heavy atom. The smallest absolute Gasteiger partial charge is 0.334 e. The number of aryl methyl sites for hydroxylation is 1. The van der Waals surface area contributed by atoms with Crippen molar-refractivity contribution in [2.24, 2.45) is 0 Å². The molecule has 2 amide bonds. The molecule has 0 aliphatic heterocycles. The summed E-state index contributed by atoms with van der Waals surface area (Å²) in [7, 11) is -2.44. The molecular formula is C20H17FN6O5S2. The lowest BCUT2D eigenvalue weighted by molar-refractivity contribution is 0.256. The van der Waals surface area contributed by atoms with E-state index in [0.717, 1.165) is 28.5 Å². The van der Waals surface area contributed by atoms with E-state index in [1.807, 2.05) is 4.72 Å². The summed E-state index contributed by atoms with van der Waals surface area (Å²) in [5, 5.41) is 5.17. The van der Waals surface area contributed by atoms with Gasteiger partial charge in [0, 0.05) is 23.7 Å². The molecule has 14 heteroatoms. The minimum absolute atomic E-state index is 0.0588. The largest absolute Gasteiger partial charge is 0.388 e. The van der Waals surface area contributed by atoms with Gasteiger partial charge in [-0.2, -0.15) is 0 Å². The van der Waals surface area contributed by atoms with Gasteiger partial charge in [-0.15, -0.1) is 11.3 Å². The molecule has 4 aromatic rings. The number of aromatic nitrogens is 3. The van der Waals surface area contributed by atoms with E-state index in [4.69, 9.17) is 0 Å². The fraction of sp³-hybridized carbons (Fsp3) is 0.100. The van der Waals surface area contributed by atoms with Gasteiger partial charge in [-0.1, -0.05) is 0 Å². The Morgan fingerprint density at radius 2 is 1.91 bits per heavy atom. The first kappa shape index (κ1) is 23.1. The number of nitrogens with one attached hydrogen (secondary N) is 4. The van der Waals surface area contributed by atoms with Crippen molar-refractivity contribution in [3.05, 3.63) is 74.1 Å². The Hall–Kier alpha value is -4.04. The second kappa shape index (κ2) is 8.72. The molecule has 0 saturated heterocycles. The molecular weight excluding hydrogens is 487 g/mol. The number of nitrogens with zero attached hydrogens (tertiary/aromatic N) is 2. The summed E-state index contributed by atoms with van der Waals surface area (Å²) in [6.07, 6.45) is 0.986. The number of aromatic amines is 1. The first-order valence-corrected chi connectivity index (χ1v) is 11.9. The van der Waals surface area contributed by atoms with E-state index < -0.39 is 38.9 Å². The zero-order valence-corrected chi connectivity index (χ0v) is 19.3. The van der Waals surface area contributed by atoms with Gasteiger partial charge in [0.15, 0.2) is 11.6 Å². The summed E-state index contributed by atoms with van der Waals surface area (Å²) in [5.41, 5.74) is -0.970. The van der Waals surface area contributed by atoms with Gasteiger partial charge in [-0.3, -0.25) is 4.79 Å². The maximum atomic E-state index is 14.8. The molecule has 176 valence electrons. The summed E-state index contributed by atoms with van der Waals surface area (Å²) < 4.78 is 41.6. The predicted octanol–water partition coefficient (Wildman–Crippen LogP) is 2.14. The first-order valence-electron chi connectivity index (χ1n) is 9.62. The number of sulfonamides is 1. The molecule has 1 aromatic carbocycles. The SMILES string of the molecule is CNc1ccc2c(=O)n(-c3ncc(NC(=O)NS(=O)(=O)c4ccc(C)s4)cc3F)c(=O)[nH]c2c1. The van der Waals surface area contributed by atoms with Gasteiger partial charge in [0.2, 0.25) is 0 Å². The molecule has 0 bridgehead atoms. The van der Waals surface area contributed by atoms with E-state index >= 15 is 0 Å². The second-order valence-electron chi connectivity index (χ2n) is 7.04. The van der Waals surface area contributed by atoms with Crippen LogP contribution in [-0.4, -0.2) is 36.0 Å². The average molecular weight is 505 g/mol. The summed E-state index contributed by atoms with van der Waals surface area (Å²) >= 11 is 0.979. The predicted molar refractivity (Wildman–Crippen MR) is 126 cm³/mol. The van der Waals surface area contributed by atoms with E-state index in [0.29, 0.717) is 10.3 Å². The van der Waals surface area contributed by atoms with Crippen LogP contribution >= 0.6 is 11.3 Å². The van der Waals surface area contributed by atoms with E-state index in [9.17, 15) is 27.2 Å². The molecule has 3 heterocycles. The highest BCUT2D eigenvalue weighted by atomic mass is 32.2. The Labute approximate surface area is 195 Å². The highest BCUT2D eigenvalue weighted by Crippen LogP contribution is 2.21. The molecule has 0 aliphatic carbocycles. The van der Waals surface area contributed by atoms with Crippen molar-refractivity contribution in [2.75, 3.05) is 17.7 Å². The number of carbonyl (C=O) groups is 1. The van der Waals surface area contributed by atoms with E-state index in [1.165, 1.54) is 12.1 Å². The van der Waals surface area contributed by atoms with Crippen LogP contribution in [0.15, 0.2) is 56.4 Å². The van der Waals surface area contributed by atoms with Crippen molar-refractivity contribution >= 4 is 49.7 Å². The number of amides is 2. The molecule has 0 saturated carbocycles. The van der Waals surface area contributed by atoms with Crippen LogP contribution in [0.1, 0.15) is 4.88 Å². The third-order valence-electron chi connectivity index (χ3n) is 4.69. The van der Waals surface area contributed by atoms with E-state index in [2.05, 4.69) is 20.6 Å². The average Bonchev–Trinajstić information content (AvgIpc) is 3.21. The van der Waals surface area contributed by atoms with Crippen molar-refractivity contribution in [1.29, 1.82) is 0 Å². The van der Waals surface area contributed by atoms with Gasteiger partial charge < -0.3 is 15.6 Å². The zero-order valence-electron chi connectivity index (χ0n) is 17.7. The van der Waals surface area contributed by atoms with Gasteiger partial charge in [0.1, 0.15) is 4.21 Å². The normalized spacial score (nSPS) is 11.4. The Balaban J connectivity index is 1.61. The lowest BCUT2D eigenvalue weighted by Gasteiger charge is -2.10. The fourth-order valence-corrected chi connectivity index (χ4v) is 5.31. The zero-order chi connectivity index (χ0) is 24.6. The molecule has 3 aromatic heterocycles. The van der Waals surface area contributed by atoms with Gasteiger partial charge in [-0.05, 0) is 37.3 Å². The molecule has 0 spiro atoms. The number of hydrogen-bond acceptors (Lipinski definition) is 8. The van der Waals surface area contributed by atoms with Gasteiger partial charge in [0.25, 0.3) is 15.6 Å². The number of fused-ring (bicyclic) bond motifs is 1. The van der Waals surface area contributed by atoms with E-state index in [1.54, 1.807) is 32.2 Å². The van der Waals surface area contributed by atoms with Gasteiger partial charge >= 0.3 is 11.7 Å². The second-order valence-corrected chi connectivity index (χ2v) is 10.2. The van der Waals surface area contributed by atoms with Crippen molar-refractivity contribution in [2.45, 2.75) is 11.1 Å². The number of halogens is 1. The number of anilines is 2. The lowest BCUT2D eigenvalue weighted by Crippen LogP contribution is -2.35. The molecule has 0 aliphatic rings. The number of rotatable bonds is 5. The topological polar surface area (TPSA) is 155 Å². The first-order chi connectivity index (χ1) is 16.1. The minimum atomic E-state index is -4.11. The fourth-order valence-electron chi connectivity index (χ4n) is 3.11. The van der Waals surface area contributed by atoms with Crippen molar-refractivity contribution < 1.29 is 17.6 Å². The number of hydrogen-bond donors (Lipinski definition) is 4. The summed E-state index contributed by atoms with van der Waals surface area (Å²) in [6, 6.07) is 7.26. The summed E-state index contributed by atoms with van der Waals surface area (Å²) in [5.74, 6) is -1.67. The minimum Gasteiger partial charge on any atom is -0.388 e. The van der Waals surface area contributed by atoms with Crippen LogP contribution < -0.4 is 26.6 Å². The van der Waals surface area contributed by atoms with Crippen molar-refractivity contribution in [3.8, 4) is 5.82 Å². The maximum absolute atomic E-state index is 14.8. The molecule has 0 atom stereocenters. The van der Waals surface area contributed by atoms with Crippen molar-refractivity contribution in [3.63, 3.8) is 0 Å². The van der Waals surface area contributed by atoms with Crippen LogP contribution in [-0.2, 0) is 10.0 Å². The number of H-pyrrole nitrogens is 1. The Bertz CT molecular complexity index is 1660. The highest BCUT2D eigenvalue weighted by molar-refractivity contribution is 7.92. The highest BCUT2D eigenvalue weighted by Gasteiger charge is 2.20. The molecule has 0 fully saturated rings. The number of thiophene rings is 1. The molecule has 0 unspecified atom stereocenters. The summed E-state index contributed by atoms with van der Waals surface area (Å²) in [4.78, 5) is 44.5. The number of urea groups is 1. The molecule has 0 radical (unpaired) electrons. The third-order valence-corrected chi connectivity index (χ3v) is 7.51. The van der Waals surface area contributed by atoms with Crippen LogP contribution in [0.2, 0.25) is 0 Å². The van der Waals surface area contributed by atoms with Crippen LogP contribution in [0, 0.1) is 12.7 Å². The summed E-state index contributed by atoms with van der Waals surface area (Å²) in [6.45, 7) is 1.71. The molecule has 4 N–H and O–H groups in total. The quantitative estimate of drug-likeness (QED) is 0.324. The Morgan fingerprint density at radius 3 is 2.56 bits per heavy atom. The maximum Gasteiger partial charge on any atom is 0.334 e. The van der Waals surface area contributed by atoms with Crippen LogP contribution in [0.5, 0.6) is 0 Å². The van der Waals surface area contributed by atoms with E-state index in [-0.39, 0.29) is 20.8 Å². The molecule has 4 rings (SSSR count). The van der Waals surface area contributed by atoms with Crippen LogP contribution in [0.3, 0.4) is 0 Å². The molecule has 34 heavy (non-hydrogen) atoms. The van der Waals surface area contributed by atoms with Crippen LogP contribution in [0.25, 0.3) is 16.7 Å². The van der Waals surface area contributed by atoms with Gasteiger partial charge in [-0.25, -0.2) is 36.7 Å². The number of benzene rings is 1. The third kappa shape index (κ3) is 4.40. The number of carbonyl (C=O) groups excluding carboxylic acids is 1. The van der Waals surface area contributed by atoms with Gasteiger partial charge in [0.05, 0.1) is 22.8 Å². The lowest BCUT2D eigenvalue weighted by atomic mass is 10.2. The number of pyridine rings is 1. The monoisotopic (exact) mass is 504 g/mol. The Kier molecular flexibility index (Phi) is 5.93.